The van der Waals surface area contributed by atoms with E-state index in [4.69, 9.17) is 5.73 Å². The summed E-state index contributed by atoms with van der Waals surface area (Å²) in [5, 5.41) is 0. The van der Waals surface area contributed by atoms with Gasteiger partial charge in [0, 0.05) is 24.2 Å². The molecule has 0 aromatic heterocycles. The normalized spacial score (nSPS) is 27.2. The van der Waals surface area contributed by atoms with Gasteiger partial charge in [-0.3, -0.25) is 4.90 Å². The van der Waals surface area contributed by atoms with Crippen LogP contribution >= 0.6 is 0 Å². The predicted molar refractivity (Wildman–Crippen MR) is 68.1 cm³/mol. The molecule has 3 atom stereocenters. The third-order valence-electron chi connectivity index (χ3n) is 4.03. The Labute approximate surface area is 107 Å². The lowest BCUT2D eigenvalue weighted by atomic mass is 9.92. The first-order chi connectivity index (χ1) is 8.50. The summed E-state index contributed by atoms with van der Waals surface area (Å²) < 4.78 is 27.0. The summed E-state index contributed by atoms with van der Waals surface area (Å²) in [5.74, 6) is -1.03. The van der Waals surface area contributed by atoms with Crippen molar-refractivity contribution >= 4 is 0 Å². The molecule has 0 spiro atoms. The maximum absolute atomic E-state index is 13.7. The van der Waals surface area contributed by atoms with Crippen molar-refractivity contribution in [3.63, 3.8) is 0 Å². The second-order valence-electron chi connectivity index (χ2n) is 5.24. The molecule has 2 nitrogen and oxygen atoms in total. The van der Waals surface area contributed by atoms with E-state index < -0.39 is 11.6 Å². The zero-order chi connectivity index (χ0) is 13.3. The van der Waals surface area contributed by atoms with E-state index in [1.54, 1.807) is 12.1 Å². The SMILES string of the molecule is CC1CCN(C(C)c2cccc(F)c2F)CC1N. The molecule has 0 radical (unpaired) electrons. The Morgan fingerprint density at radius 3 is 2.78 bits per heavy atom. The fourth-order valence-electron chi connectivity index (χ4n) is 2.52. The summed E-state index contributed by atoms with van der Waals surface area (Å²) in [4.78, 5) is 2.13. The third-order valence-corrected chi connectivity index (χ3v) is 4.03. The summed E-state index contributed by atoms with van der Waals surface area (Å²) in [5.41, 5.74) is 6.46. The van der Waals surface area contributed by atoms with E-state index in [1.165, 1.54) is 0 Å². The molecular weight excluding hydrogens is 234 g/mol. The van der Waals surface area contributed by atoms with Crippen molar-refractivity contribution in [1.82, 2.24) is 4.90 Å². The Morgan fingerprint density at radius 1 is 1.39 bits per heavy atom. The van der Waals surface area contributed by atoms with Crippen LogP contribution in [-0.2, 0) is 0 Å². The molecule has 0 amide bonds. The average molecular weight is 254 g/mol. The fraction of sp³-hybridized carbons (Fsp3) is 0.571. The van der Waals surface area contributed by atoms with Crippen LogP contribution in [0, 0.1) is 17.6 Å². The third kappa shape index (κ3) is 2.54. The molecule has 0 saturated carbocycles. The summed E-state index contributed by atoms with van der Waals surface area (Å²) >= 11 is 0. The number of hydrogen-bond acceptors (Lipinski definition) is 2. The average Bonchev–Trinajstić information content (AvgIpc) is 2.35. The standard InChI is InChI=1S/C14H20F2N2/c1-9-6-7-18(8-13(9)17)10(2)11-4-3-5-12(15)14(11)16/h3-5,9-10,13H,6-8,17H2,1-2H3. The molecule has 0 bridgehead atoms. The van der Waals surface area contributed by atoms with Crippen molar-refractivity contribution in [2.45, 2.75) is 32.4 Å². The molecule has 3 unspecified atom stereocenters. The monoisotopic (exact) mass is 254 g/mol. The summed E-state index contributed by atoms with van der Waals surface area (Å²) in [6, 6.07) is 4.32. The van der Waals surface area contributed by atoms with E-state index in [9.17, 15) is 8.78 Å². The van der Waals surface area contributed by atoms with Crippen LogP contribution < -0.4 is 5.73 Å². The van der Waals surface area contributed by atoms with Crippen LogP contribution in [0.2, 0.25) is 0 Å². The largest absolute Gasteiger partial charge is 0.326 e. The summed E-state index contributed by atoms with van der Waals surface area (Å²) in [7, 11) is 0. The lowest BCUT2D eigenvalue weighted by Gasteiger charge is -2.38. The van der Waals surface area contributed by atoms with Crippen molar-refractivity contribution in [1.29, 1.82) is 0 Å². The molecule has 2 rings (SSSR count). The number of hydrogen-bond donors (Lipinski definition) is 1. The number of nitrogens with zero attached hydrogens (tertiary/aromatic N) is 1. The van der Waals surface area contributed by atoms with Crippen molar-refractivity contribution in [2.75, 3.05) is 13.1 Å². The van der Waals surface area contributed by atoms with E-state index in [2.05, 4.69) is 11.8 Å². The molecule has 1 aliphatic rings. The Hall–Kier alpha value is -1.00. The van der Waals surface area contributed by atoms with E-state index >= 15 is 0 Å². The van der Waals surface area contributed by atoms with Gasteiger partial charge in [-0.2, -0.15) is 0 Å². The Balaban J connectivity index is 2.16. The highest BCUT2D eigenvalue weighted by Crippen LogP contribution is 2.28. The molecule has 2 N–H and O–H groups in total. The highest BCUT2D eigenvalue weighted by molar-refractivity contribution is 5.22. The van der Waals surface area contributed by atoms with Gasteiger partial charge in [0.2, 0.25) is 0 Å². The number of piperidine rings is 1. The van der Waals surface area contributed by atoms with Gasteiger partial charge in [-0.05, 0) is 31.9 Å². The first-order valence-corrected chi connectivity index (χ1v) is 6.44. The van der Waals surface area contributed by atoms with Gasteiger partial charge in [0.15, 0.2) is 11.6 Å². The van der Waals surface area contributed by atoms with E-state index in [1.807, 2.05) is 6.92 Å². The van der Waals surface area contributed by atoms with Crippen LogP contribution in [0.25, 0.3) is 0 Å². The summed E-state index contributed by atoms with van der Waals surface area (Å²) in [6.45, 7) is 5.65. The molecule has 0 aliphatic carbocycles. The quantitative estimate of drug-likeness (QED) is 0.879. The Kier molecular flexibility index (Phi) is 3.97. The molecule has 1 aromatic rings. The van der Waals surface area contributed by atoms with Gasteiger partial charge < -0.3 is 5.73 Å². The lowest BCUT2D eigenvalue weighted by molar-refractivity contribution is 0.126. The zero-order valence-corrected chi connectivity index (χ0v) is 10.9. The maximum atomic E-state index is 13.7. The summed E-state index contributed by atoms with van der Waals surface area (Å²) in [6.07, 6.45) is 1.00. The van der Waals surface area contributed by atoms with Crippen LogP contribution in [0.15, 0.2) is 18.2 Å². The minimum absolute atomic E-state index is 0.109. The van der Waals surface area contributed by atoms with Gasteiger partial charge >= 0.3 is 0 Å². The first kappa shape index (κ1) is 13.4. The lowest BCUT2D eigenvalue weighted by Crippen LogP contribution is -2.48. The number of nitrogens with two attached hydrogens (primary N) is 1. The van der Waals surface area contributed by atoms with E-state index in [-0.39, 0.29) is 12.1 Å². The Bertz CT molecular complexity index is 422. The molecule has 1 aromatic carbocycles. The second-order valence-corrected chi connectivity index (χ2v) is 5.24. The van der Waals surface area contributed by atoms with Crippen LogP contribution in [-0.4, -0.2) is 24.0 Å². The van der Waals surface area contributed by atoms with Crippen molar-refractivity contribution in [3.8, 4) is 0 Å². The van der Waals surface area contributed by atoms with E-state index in [0.717, 1.165) is 25.6 Å². The predicted octanol–water partition coefficient (Wildman–Crippen LogP) is 2.69. The molecule has 1 heterocycles. The molecule has 18 heavy (non-hydrogen) atoms. The van der Waals surface area contributed by atoms with Gasteiger partial charge in [-0.25, -0.2) is 8.78 Å². The van der Waals surface area contributed by atoms with Gasteiger partial charge in [0.1, 0.15) is 0 Å². The number of rotatable bonds is 2. The highest BCUT2D eigenvalue weighted by Gasteiger charge is 2.28. The van der Waals surface area contributed by atoms with Gasteiger partial charge in [-0.15, -0.1) is 0 Å². The van der Waals surface area contributed by atoms with Gasteiger partial charge in [0.05, 0.1) is 0 Å². The molecule has 4 heteroatoms. The molecule has 1 saturated heterocycles. The molecule has 1 aliphatic heterocycles. The Morgan fingerprint density at radius 2 is 2.11 bits per heavy atom. The van der Waals surface area contributed by atoms with Crippen LogP contribution in [0.5, 0.6) is 0 Å². The minimum Gasteiger partial charge on any atom is -0.326 e. The van der Waals surface area contributed by atoms with Crippen LogP contribution in [0.1, 0.15) is 31.9 Å². The fourth-order valence-corrected chi connectivity index (χ4v) is 2.52. The van der Waals surface area contributed by atoms with Crippen molar-refractivity contribution in [3.05, 3.63) is 35.4 Å². The minimum atomic E-state index is -0.783. The second kappa shape index (κ2) is 5.33. The number of likely N-dealkylation sites (tertiary alicyclic amines) is 1. The molecular formula is C14H20F2N2. The van der Waals surface area contributed by atoms with E-state index in [0.29, 0.717) is 11.5 Å². The number of benzene rings is 1. The van der Waals surface area contributed by atoms with Crippen LogP contribution in [0.3, 0.4) is 0 Å². The maximum Gasteiger partial charge on any atom is 0.163 e. The van der Waals surface area contributed by atoms with Gasteiger partial charge in [0.25, 0.3) is 0 Å². The zero-order valence-electron chi connectivity index (χ0n) is 10.9. The van der Waals surface area contributed by atoms with Crippen molar-refractivity contribution in [2.24, 2.45) is 11.7 Å². The number of halogens is 2. The highest BCUT2D eigenvalue weighted by atomic mass is 19.2. The molecule has 100 valence electrons. The molecule has 1 fully saturated rings. The van der Waals surface area contributed by atoms with Crippen molar-refractivity contribution < 1.29 is 8.78 Å². The topological polar surface area (TPSA) is 29.3 Å². The smallest absolute Gasteiger partial charge is 0.163 e. The van der Waals surface area contributed by atoms with Crippen LogP contribution in [0.4, 0.5) is 8.78 Å². The first-order valence-electron chi connectivity index (χ1n) is 6.44. The van der Waals surface area contributed by atoms with Gasteiger partial charge in [-0.1, -0.05) is 19.1 Å².